The van der Waals surface area contributed by atoms with Crippen molar-refractivity contribution in [1.29, 1.82) is 0 Å². The highest BCUT2D eigenvalue weighted by atomic mass is 32.2. The molecule has 0 aliphatic heterocycles. The number of carboxylic acids is 2. The number of carboxylic acid groups (broad SMARTS) is 2. The molecule has 0 aromatic rings. The number of carbonyl (C=O) groups excluding carboxylic acids is 3. The van der Waals surface area contributed by atoms with E-state index < -0.39 is 60.2 Å². The Morgan fingerprint density at radius 1 is 0.926 bits per heavy atom. The van der Waals surface area contributed by atoms with Gasteiger partial charge in [0.25, 0.3) is 0 Å². The highest BCUT2D eigenvalue weighted by Gasteiger charge is 2.27. The molecular weight excluding hydrogens is 380 g/mol. The molecule has 4 atom stereocenters. The zero-order valence-corrected chi connectivity index (χ0v) is 16.2. The predicted molar refractivity (Wildman–Crippen MR) is 98.0 cm³/mol. The molecule has 7 N–H and O–H groups in total. The maximum absolute atomic E-state index is 12.1. The van der Waals surface area contributed by atoms with Crippen molar-refractivity contribution in [2.75, 3.05) is 12.0 Å². The van der Waals surface area contributed by atoms with Gasteiger partial charge in [-0.25, -0.2) is 4.79 Å². The van der Waals surface area contributed by atoms with Gasteiger partial charge in [0.2, 0.25) is 17.7 Å². The lowest BCUT2D eigenvalue weighted by atomic mass is 10.1. The Morgan fingerprint density at radius 2 is 1.41 bits per heavy atom. The number of nitrogens with one attached hydrogen (secondary N) is 3. The monoisotopic (exact) mass is 406 g/mol. The Balaban J connectivity index is 4.61. The second kappa shape index (κ2) is 12.1. The van der Waals surface area contributed by atoms with Crippen LogP contribution in [0.4, 0.5) is 0 Å². The third-order valence-electron chi connectivity index (χ3n) is 3.47. The van der Waals surface area contributed by atoms with E-state index in [0.717, 1.165) is 0 Å². The van der Waals surface area contributed by atoms with E-state index in [1.165, 1.54) is 25.6 Å². The zero-order valence-electron chi connectivity index (χ0n) is 15.4. The van der Waals surface area contributed by atoms with Crippen molar-refractivity contribution in [3.05, 3.63) is 0 Å². The first-order chi connectivity index (χ1) is 12.5. The average Bonchev–Trinajstić information content (AvgIpc) is 2.57. The molecule has 11 nitrogen and oxygen atoms in total. The third kappa shape index (κ3) is 9.80. The van der Waals surface area contributed by atoms with E-state index in [1.807, 2.05) is 11.6 Å². The van der Waals surface area contributed by atoms with Gasteiger partial charge in [-0.2, -0.15) is 11.8 Å². The summed E-state index contributed by atoms with van der Waals surface area (Å²) < 4.78 is 0. The lowest BCUT2D eigenvalue weighted by molar-refractivity contribution is -0.147. The van der Waals surface area contributed by atoms with Crippen molar-refractivity contribution in [3.63, 3.8) is 0 Å². The standard InChI is InChI=1S/C15H26N4O7S/c1-7(18-14(24)9(16)4-5-27-3)12(22)17-8(2)13(23)19-10(15(25)26)6-11(20)21/h7-10H,4-6,16H2,1-3H3,(H,17,22)(H,18,24)(H,19,23)(H,20,21)(H,25,26). The second-order valence-corrected chi connectivity index (χ2v) is 6.83. The molecule has 3 amide bonds. The third-order valence-corrected chi connectivity index (χ3v) is 4.11. The molecule has 0 spiro atoms. The van der Waals surface area contributed by atoms with Crippen LogP contribution >= 0.6 is 11.8 Å². The molecule has 0 rings (SSSR count). The predicted octanol–water partition coefficient (Wildman–Crippen LogP) is -1.88. The van der Waals surface area contributed by atoms with Crippen LogP contribution in [0.5, 0.6) is 0 Å². The molecule has 0 heterocycles. The summed E-state index contributed by atoms with van der Waals surface area (Å²) in [6.45, 7) is 2.70. The van der Waals surface area contributed by atoms with E-state index in [1.54, 1.807) is 0 Å². The number of thioether (sulfide) groups is 1. The molecule has 0 aliphatic rings. The molecule has 0 bridgehead atoms. The van der Waals surface area contributed by atoms with E-state index in [0.29, 0.717) is 12.2 Å². The summed E-state index contributed by atoms with van der Waals surface area (Å²) in [6.07, 6.45) is 1.51. The van der Waals surface area contributed by atoms with E-state index in [9.17, 15) is 24.0 Å². The quantitative estimate of drug-likeness (QED) is 0.215. The highest BCUT2D eigenvalue weighted by molar-refractivity contribution is 7.98. The van der Waals surface area contributed by atoms with Crippen molar-refractivity contribution in [1.82, 2.24) is 16.0 Å². The van der Waals surface area contributed by atoms with Crippen molar-refractivity contribution in [3.8, 4) is 0 Å². The van der Waals surface area contributed by atoms with Crippen LogP contribution in [0.2, 0.25) is 0 Å². The molecular formula is C15H26N4O7S. The first-order valence-corrected chi connectivity index (χ1v) is 9.49. The van der Waals surface area contributed by atoms with E-state index in [-0.39, 0.29) is 0 Å². The molecule has 0 aliphatic carbocycles. The van der Waals surface area contributed by atoms with Gasteiger partial charge in [-0.05, 0) is 32.3 Å². The lowest BCUT2D eigenvalue weighted by Gasteiger charge is -2.21. The van der Waals surface area contributed by atoms with Crippen LogP contribution in [0.25, 0.3) is 0 Å². The van der Waals surface area contributed by atoms with Gasteiger partial charge in [0.1, 0.15) is 18.1 Å². The molecule has 0 fully saturated rings. The van der Waals surface area contributed by atoms with Crippen molar-refractivity contribution >= 4 is 41.4 Å². The van der Waals surface area contributed by atoms with E-state index in [2.05, 4.69) is 10.6 Å². The van der Waals surface area contributed by atoms with Crippen molar-refractivity contribution < 1.29 is 34.2 Å². The molecule has 0 aromatic carbocycles. The summed E-state index contributed by atoms with van der Waals surface area (Å²) in [5.74, 6) is -4.26. The lowest BCUT2D eigenvalue weighted by Crippen LogP contribution is -2.55. The first-order valence-electron chi connectivity index (χ1n) is 8.09. The van der Waals surface area contributed by atoms with Gasteiger partial charge in [0, 0.05) is 0 Å². The van der Waals surface area contributed by atoms with Gasteiger partial charge >= 0.3 is 11.9 Å². The zero-order chi connectivity index (χ0) is 21.1. The van der Waals surface area contributed by atoms with Gasteiger partial charge in [-0.1, -0.05) is 0 Å². The maximum Gasteiger partial charge on any atom is 0.326 e. The summed E-state index contributed by atoms with van der Waals surface area (Å²) in [5.41, 5.74) is 5.70. The van der Waals surface area contributed by atoms with Gasteiger partial charge in [-0.15, -0.1) is 0 Å². The molecule has 0 radical (unpaired) electrons. The van der Waals surface area contributed by atoms with Gasteiger partial charge < -0.3 is 31.9 Å². The normalized spacial score (nSPS) is 15.0. The van der Waals surface area contributed by atoms with Crippen LogP contribution in [0, 0.1) is 0 Å². The SMILES string of the molecule is CSCCC(N)C(=O)NC(C)C(=O)NC(C)C(=O)NC(CC(=O)O)C(=O)O. The summed E-state index contributed by atoms with van der Waals surface area (Å²) in [4.78, 5) is 57.5. The Kier molecular flexibility index (Phi) is 11.1. The molecule has 27 heavy (non-hydrogen) atoms. The Labute approximate surface area is 160 Å². The van der Waals surface area contributed by atoms with Crippen LogP contribution in [-0.4, -0.2) is 76.0 Å². The molecule has 0 saturated heterocycles. The van der Waals surface area contributed by atoms with Gasteiger partial charge in [0.05, 0.1) is 12.5 Å². The number of rotatable bonds is 12. The van der Waals surface area contributed by atoms with Crippen LogP contribution in [0.3, 0.4) is 0 Å². The summed E-state index contributed by atoms with van der Waals surface area (Å²) >= 11 is 1.53. The number of aliphatic carboxylic acids is 2. The second-order valence-electron chi connectivity index (χ2n) is 5.85. The fraction of sp³-hybridized carbons (Fsp3) is 0.667. The fourth-order valence-corrected chi connectivity index (χ4v) is 2.33. The largest absolute Gasteiger partial charge is 0.481 e. The maximum atomic E-state index is 12.1. The van der Waals surface area contributed by atoms with Crippen LogP contribution in [0.15, 0.2) is 0 Å². The Bertz CT molecular complexity index is 572. The van der Waals surface area contributed by atoms with Crippen LogP contribution in [-0.2, 0) is 24.0 Å². The number of nitrogens with two attached hydrogens (primary N) is 1. The number of amides is 3. The van der Waals surface area contributed by atoms with E-state index in [4.69, 9.17) is 15.9 Å². The number of hydrogen-bond donors (Lipinski definition) is 6. The van der Waals surface area contributed by atoms with Crippen molar-refractivity contribution in [2.45, 2.75) is 50.9 Å². The molecule has 4 unspecified atom stereocenters. The van der Waals surface area contributed by atoms with Gasteiger partial charge in [-0.3, -0.25) is 19.2 Å². The molecule has 0 saturated carbocycles. The van der Waals surface area contributed by atoms with Crippen LogP contribution < -0.4 is 21.7 Å². The minimum absolute atomic E-state index is 0.445. The number of hydrogen-bond acceptors (Lipinski definition) is 7. The summed E-state index contributed by atoms with van der Waals surface area (Å²) in [7, 11) is 0. The minimum Gasteiger partial charge on any atom is -0.481 e. The van der Waals surface area contributed by atoms with Crippen molar-refractivity contribution in [2.24, 2.45) is 5.73 Å². The van der Waals surface area contributed by atoms with Gasteiger partial charge in [0.15, 0.2) is 0 Å². The average molecular weight is 406 g/mol. The van der Waals surface area contributed by atoms with Crippen LogP contribution in [0.1, 0.15) is 26.7 Å². The minimum atomic E-state index is -1.62. The summed E-state index contributed by atoms with van der Waals surface area (Å²) in [5, 5.41) is 24.3. The first kappa shape index (κ1) is 24.7. The fourth-order valence-electron chi connectivity index (χ4n) is 1.84. The topological polar surface area (TPSA) is 188 Å². The Morgan fingerprint density at radius 3 is 1.85 bits per heavy atom. The highest BCUT2D eigenvalue weighted by Crippen LogP contribution is 1.99. The smallest absolute Gasteiger partial charge is 0.326 e. The molecule has 0 aromatic heterocycles. The Hall–Kier alpha value is -2.34. The summed E-state index contributed by atoms with van der Waals surface area (Å²) in [6, 6.07) is -4.50. The molecule has 154 valence electrons. The number of carbonyl (C=O) groups is 5. The van der Waals surface area contributed by atoms with E-state index >= 15 is 0 Å². The molecule has 12 heteroatoms.